The first-order chi connectivity index (χ1) is 8.19. The number of hydrogen-bond acceptors (Lipinski definition) is 4. The van der Waals surface area contributed by atoms with Crippen LogP contribution in [-0.4, -0.2) is 18.1 Å². The fourth-order valence-corrected chi connectivity index (χ4v) is 2.26. The molecule has 0 spiro atoms. The lowest BCUT2D eigenvalue weighted by Gasteiger charge is -1.97. The van der Waals surface area contributed by atoms with Gasteiger partial charge in [-0.15, -0.1) is 11.3 Å². The Balaban J connectivity index is 2.18. The molecule has 0 saturated carbocycles. The van der Waals surface area contributed by atoms with E-state index in [1.807, 2.05) is 24.4 Å². The molecule has 0 aliphatic heterocycles. The van der Waals surface area contributed by atoms with Crippen LogP contribution in [0.15, 0.2) is 29.6 Å². The van der Waals surface area contributed by atoms with E-state index in [2.05, 4.69) is 21.9 Å². The van der Waals surface area contributed by atoms with Crippen molar-refractivity contribution in [1.29, 1.82) is 0 Å². The van der Waals surface area contributed by atoms with Crippen LogP contribution in [0.5, 0.6) is 0 Å². The smallest absolute Gasteiger partial charge is 0.311 e. The molecule has 0 N–H and O–H groups in total. The van der Waals surface area contributed by atoms with E-state index in [0.29, 0.717) is 0 Å². The number of carbonyl (C=O) groups excluding carboxylic acids is 1. The first-order valence-corrected chi connectivity index (χ1v) is 6.15. The first kappa shape index (κ1) is 11.8. The fourth-order valence-electron chi connectivity index (χ4n) is 1.44. The third-order valence-corrected chi connectivity index (χ3v) is 3.34. The van der Waals surface area contributed by atoms with E-state index in [0.717, 1.165) is 16.3 Å². The minimum absolute atomic E-state index is 0.235. The van der Waals surface area contributed by atoms with Crippen molar-refractivity contribution in [2.75, 3.05) is 7.11 Å². The van der Waals surface area contributed by atoms with Crippen molar-refractivity contribution in [2.45, 2.75) is 13.3 Å². The average molecular weight is 247 g/mol. The second kappa shape index (κ2) is 5.10. The second-order valence-electron chi connectivity index (χ2n) is 3.76. The van der Waals surface area contributed by atoms with E-state index in [9.17, 15) is 4.79 Å². The number of esters is 1. The van der Waals surface area contributed by atoms with Crippen LogP contribution in [-0.2, 0) is 16.0 Å². The third kappa shape index (κ3) is 2.91. The summed E-state index contributed by atoms with van der Waals surface area (Å²) in [6, 6.07) is 8.18. The molecule has 0 saturated heterocycles. The third-order valence-electron chi connectivity index (χ3n) is 2.40. The van der Waals surface area contributed by atoms with E-state index in [-0.39, 0.29) is 12.4 Å². The summed E-state index contributed by atoms with van der Waals surface area (Å²) in [5, 5.41) is 2.83. The summed E-state index contributed by atoms with van der Waals surface area (Å²) in [5.74, 6) is -0.259. The highest BCUT2D eigenvalue weighted by atomic mass is 32.1. The van der Waals surface area contributed by atoms with Gasteiger partial charge in [-0.05, 0) is 6.92 Å². The predicted molar refractivity (Wildman–Crippen MR) is 68.0 cm³/mol. The van der Waals surface area contributed by atoms with Gasteiger partial charge in [-0.3, -0.25) is 4.79 Å². The first-order valence-electron chi connectivity index (χ1n) is 5.27. The maximum absolute atomic E-state index is 11.1. The Morgan fingerprint density at radius 2 is 2.06 bits per heavy atom. The Morgan fingerprint density at radius 1 is 1.35 bits per heavy atom. The number of carbonyl (C=O) groups is 1. The molecule has 88 valence electrons. The van der Waals surface area contributed by atoms with Crippen molar-refractivity contribution in [3.8, 4) is 10.6 Å². The summed E-state index contributed by atoms with van der Waals surface area (Å²) in [7, 11) is 1.38. The predicted octanol–water partition coefficient (Wildman–Crippen LogP) is 2.83. The molecular formula is C13H13NO2S. The van der Waals surface area contributed by atoms with Crippen LogP contribution in [0, 0.1) is 6.92 Å². The Morgan fingerprint density at radius 3 is 2.71 bits per heavy atom. The van der Waals surface area contributed by atoms with Crippen LogP contribution in [0.25, 0.3) is 10.6 Å². The molecule has 3 nitrogen and oxygen atoms in total. The molecule has 17 heavy (non-hydrogen) atoms. The van der Waals surface area contributed by atoms with Gasteiger partial charge in [0.05, 0.1) is 19.2 Å². The zero-order valence-electron chi connectivity index (χ0n) is 9.77. The van der Waals surface area contributed by atoms with Gasteiger partial charge in [0.2, 0.25) is 0 Å². The van der Waals surface area contributed by atoms with Crippen LogP contribution in [0.3, 0.4) is 0 Å². The van der Waals surface area contributed by atoms with E-state index >= 15 is 0 Å². The molecule has 0 atom stereocenters. The van der Waals surface area contributed by atoms with Crippen molar-refractivity contribution in [3.63, 3.8) is 0 Å². The van der Waals surface area contributed by atoms with Gasteiger partial charge in [0, 0.05) is 10.9 Å². The van der Waals surface area contributed by atoms with Gasteiger partial charge < -0.3 is 4.74 Å². The maximum atomic E-state index is 11.1. The van der Waals surface area contributed by atoms with Crippen molar-refractivity contribution < 1.29 is 9.53 Å². The second-order valence-corrected chi connectivity index (χ2v) is 4.62. The van der Waals surface area contributed by atoms with Gasteiger partial charge in [0.1, 0.15) is 5.01 Å². The molecule has 4 heteroatoms. The molecule has 1 aromatic heterocycles. The number of nitrogens with zero attached hydrogens (tertiary/aromatic N) is 1. The Kier molecular flexibility index (Phi) is 3.54. The molecule has 0 aliphatic rings. The number of hydrogen-bond donors (Lipinski definition) is 0. The number of methoxy groups -OCH3 is 1. The van der Waals surface area contributed by atoms with Crippen LogP contribution in [0.1, 0.15) is 11.3 Å². The highest BCUT2D eigenvalue weighted by Crippen LogP contribution is 2.24. The van der Waals surface area contributed by atoms with Crippen LogP contribution < -0.4 is 0 Å². The highest BCUT2D eigenvalue weighted by molar-refractivity contribution is 7.13. The van der Waals surface area contributed by atoms with E-state index < -0.39 is 0 Å². The fraction of sp³-hybridized carbons (Fsp3) is 0.231. The molecule has 1 aromatic carbocycles. The minimum Gasteiger partial charge on any atom is -0.469 e. The van der Waals surface area contributed by atoms with Crippen molar-refractivity contribution in [1.82, 2.24) is 4.98 Å². The largest absolute Gasteiger partial charge is 0.469 e. The number of aromatic nitrogens is 1. The monoisotopic (exact) mass is 247 g/mol. The lowest BCUT2D eigenvalue weighted by molar-refractivity contribution is -0.139. The molecule has 1 heterocycles. The van der Waals surface area contributed by atoms with Crippen LogP contribution in [0.4, 0.5) is 0 Å². The molecule has 0 aliphatic carbocycles. The maximum Gasteiger partial charge on any atom is 0.311 e. The number of aryl methyl sites for hydroxylation is 1. The topological polar surface area (TPSA) is 39.2 Å². The quantitative estimate of drug-likeness (QED) is 0.783. The Bertz CT molecular complexity index is 516. The molecule has 0 amide bonds. The standard InChI is InChI=1S/C13H13NO2S/c1-9-3-5-10(6-4-9)13-14-11(8-17-13)7-12(15)16-2/h3-6,8H,7H2,1-2H3. The lowest BCUT2D eigenvalue weighted by Crippen LogP contribution is -2.04. The van der Waals surface area contributed by atoms with E-state index in [4.69, 9.17) is 0 Å². The molecule has 0 radical (unpaired) electrons. The summed E-state index contributed by atoms with van der Waals surface area (Å²) < 4.78 is 4.61. The average Bonchev–Trinajstić information content (AvgIpc) is 2.78. The zero-order chi connectivity index (χ0) is 12.3. The molecule has 0 fully saturated rings. The zero-order valence-corrected chi connectivity index (χ0v) is 10.6. The van der Waals surface area contributed by atoms with Gasteiger partial charge in [0.15, 0.2) is 0 Å². The van der Waals surface area contributed by atoms with Gasteiger partial charge in [0.25, 0.3) is 0 Å². The molecular weight excluding hydrogens is 234 g/mol. The summed E-state index contributed by atoms with van der Waals surface area (Å²) in [5.41, 5.74) is 3.06. The van der Waals surface area contributed by atoms with Gasteiger partial charge in [-0.2, -0.15) is 0 Å². The SMILES string of the molecule is COC(=O)Cc1csc(-c2ccc(C)cc2)n1. The lowest BCUT2D eigenvalue weighted by atomic mass is 10.2. The van der Waals surface area contributed by atoms with Crippen molar-refractivity contribution in [2.24, 2.45) is 0 Å². The van der Waals surface area contributed by atoms with Crippen molar-refractivity contribution in [3.05, 3.63) is 40.9 Å². The number of thiazole rings is 1. The molecule has 0 bridgehead atoms. The normalized spacial score (nSPS) is 10.2. The molecule has 0 unspecified atom stereocenters. The number of rotatable bonds is 3. The summed E-state index contributed by atoms with van der Waals surface area (Å²) in [6.07, 6.45) is 0.235. The summed E-state index contributed by atoms with van der Waals surface area (Å²) in [4.78, 5) is 15.5. The Labute approximate surface area is 104 Å². The summed E-state index contributed by atoms with van der Waals surface area (Å²) >= 11 is 1.54. The highest BCUT2D eigenvalue weighted by Gasteiger charge is 2.08. The van der Waals surface area contributed by atoms with Crippen LogP contribution >= 0.6 is 11.3 Å². The Hall–Kier alpha value is -1.68. The summed E-state index contributed by atoms with van der Waals surface area (Å²) in [6.45, 7) is 2.05. The van der Waals surface area contributed by atoms with Gasteiger partial charge in [-0.1, -0.05) is 29.8 Å². The molecule has 2 rings (SSSR count). The van der Waals surface area contributed by atoms with Crippen molar-refractivity contribution >= 4 is 17.3 Å². The van der Waals surface area contributed by atoms with E-state index in [1.54, 1.807) is 11.3 Å². The van der Waals surface area contributed by atoms with Crippen LogP contribution in [0.2, 0.25) is 0 Å². The number of ether oxygens (including phenoxy) is 1. The van der Waals surface area contributed by atoms with E-state index in [1.165, 1.54) is 12.7 Å². The van der Waals surface area contributed by atoms with Gasteiger partial charge >= 0.3 is 5.97 Å². The van der Waals surface area contributed by atoms with Gasteiger partial charge in [-0.25, -0.2) is 4.98 Å². The minimum atomic E-state index is -0.259. The molecule has 2 aromatic rings. The number of benzene rings is 1.